The van der Waals surface area contributed by atoms with Gasteiger partial charge in [-0.05, 0) is 37.3 Å². The standard InChI is InChI=1S/C13H18N2O/c1-3-9(2)12-8-11(6-7-14-12)15-13(16)10-4-5-10/h6-10H,3-5H2,1-2H3,(H,14,15,16). The molecule has 86 valence electrons. The number of carbonyl (C=O) groups excluding carboxylic acids is 1. The van der Waals surface area contributed by atoms with E-state index in [9.17, 15) is 4.79 Å². The molecule has 1 aliphatic rings. The predicted octanol–water partition coefficient (Wildman–Crippen LogP) is 2.94. The fourth-order valence-corrected chi connectivity index (χ4v) is 1.59. The van der Waals surface area contributed by atoms with Gasteiger partial charge in [0.15, 0.2) is 0 Å². The normalized spacial score (nSPS) is 16.9. The van der Waals surface area contributed by atoms with Crippen LogP contribution in [-0.2, 0) is 4.79 Å². The minimum Gasteiger partial charge on any atom is -0.326 e. The van der Waals surface area contributed by atoms with Gasteiger partial charge in [0.05, 0.1) is 0 Å². The highest BCUT2D eigenvalue weighted by Crippen LogP contribution is 2.30. The van der Waals surface area contributed by atoms with Gasteiger partial charge in [-0.15, -0.1) is 0 Å². The maximum Gasteiger partial charge on any atom is 0.227 e. The summed E-state index contributed by atoms with van der Waals surface area (Å²) in [5.41, 5.74) is 1.93. The van der Waals surface area contributed by atoms with Crippen molar-refractivity contribution >= 4 is 11.6 Å². The van der Waals surface area contributed by atoms with E-state index >= 15 is 0 Å². The monoisotopic (exact) mass is 218 g/mol. The zero-order valence-corrected chi connectivity index (χ0v) is 9.86. The quantitative estimate of drug-likeness (QED) is 0.844. The van der Waals surface area contributed by atoms with E-state index in [-0.39, 0.29) is 11.8 Å². The Morgan fingerprint density at radius 2 is 2.38 bits per heavy atom. The summed E-state index contributed by atoms with van der Waals surface area (Å²) in [4.78, 5) is 15.9. The smallest absolute Gasteiger partial charge is 0.227 e. The van der Waals surface area contributed by atoms with E-state index in [0.717, 1.165) is 30.6 Å². The largest absolute Gasteiger partial charge is 0.326 e. The Morgan fingerprint density at radius 3 is 3.00 bits per heavy atom. The van der Waals surface area contributed by atoms with Crippen LogP contribution in [0.5, 0.6) is 0 Å². The van der Waals surface area contributed by atoms with Gasteiger partial charge in [-0.2, -0.15) is 0 Å². The van der Waals surface area contributed by atoms with E-state index < -0.39 is 0 Å². The Labute approximate surface area is 96.3 Å². The molecule has 1 saturated carbocycles. The lowest BCUT2D eigenvalue weighted by molar-refractivity contribution is -0.117. The summed E-state index contributed by atoms with van der Waals surface area (Å²) in [6, 6.07) is 3.83. The molecule has 1 aromatic heterocycles. The second-order valence-electron chi connectivity index (χ2n) is 4.54. The van der Waals surface area contributed by atoms with E-state index in [1.165, 1.54) is 0 Å². The lowest BCUT2D eigenvalue weighted by atomic mass is 10.0. The average molecular weight is 218 g/mol. The predicted molar refractivity (Wildman–Crippen MR) is 64.3 cm³/mol. The highest BCUT2D eigenvalue weighted by Gasteiger charge is 2.29. The topological polar surface area (TPSA) is 42.0 Å². The minimum atomic E-state index is 0.154. The second-order valence-corrected chi connectivity index (χ2v) is 4.54. The van der Waals surface area contributed by atoms with Gasteiger partial charge < -0.3 is 5.32 Å². The van der Waals surface area contributed by atoms with Gasteiger partial charge in [0, 0.05) is 23.5 Å². The molecule has 1 aromatic rings. The van der Waals surface area contributed by atoms with Crippen molar-refractivity contribution in [3.63, 3.8) is 0 Å². The number of anilines is 1. The van der Waals surface area contributed by atoms with Crippen molar-refractivity contribution in [1.29, 1.82) is 0 Å². The lowest BCUT2D eigenvalue weighted by Gasteiger charge is -2.10. The Balaban J connectivity index is 2.06. The Kier molecular flexibility index (Phi) is 3.22. The number of hydrogen-bond acceptors (Lipinski definition) is 2. The molecule has 1 N–H and O–H groups in total. The molecule has 1 fully saturated rings. The number of rotatable bonds is 4. The highest BCUT2D eigenvalue weighted by molar-refractivity contribution is 5.93. The average Bonchev–Trinajstić information content (AvgIpc) is 3.12. The summed E-state index contributed by atoms with van der Waals surface area (Å²) in [6.07, 6.45) is 4.90. The van der Waals surface area contributed by atoms with Crippen LogP contribution in [0, 0.1) is 5.92 Å². The molecule has 0 spiro atoms. The molecule has 1 atom stereocenters. The van der Waals surface area contributed by atoms with Crippen LogP contribution in [-0.4, -0.2) is 10.9 Å². The molecule has 2 rings (SSSR count). The SMILES string of the molecule is CCC(C)c1cc(NC(=O)C2CC2)ccn1. The number of pyridine rings is 1. The van der Waals surface area contributed by atoms with Gasteiger partial charge in [0.25, 0.3) is 0 Å². The molecular formula is C13H18N2O. The molecule has 1 heterocycles. The van der Waals surface area contributed by atoms with E-state index in [4.69, 9.17) is 0 Å². The Hall–Kier alpha value is -1.38. The van der Waals surface area contributed by atoms with E-state index in [2.05, 4.69) is 24.1 Å². The number of nitrogens with zero attached hydrogens (tertiary/aromatic N) is 1. The van der Waals surface area contributed by atoms with Crippen molar-refractivity contribution in [2.24, 2.45) is 5.92 Å². The van der Waals surface area contributed by atoms with Gasteiger partial charge in [0.2, 0.25) is 5.91 Å². The van der Waals surface area contributed by atoms with Gasteiger partial charge in [-0.1, -0.05) is 13.8 Å². The van der Waals surface area contributed by atoms with Crippen molar-refractivity contribution in [2.75, 3.05) is 5.32 Å². The molecule has 3 heteroatoms. The molecular weight excluding hydrogens is 200 g/mol. The number of carbonyl (C=O) groups is 1. The van der Waals surface area contributed by atoms with Crippen molar-refractivity contribution in [3.05, 3.63) is 24.0 Å². The fourth-order valence-electron chi connectivity index (χ4n) is 1.59. The van der Waals surface area contributed by atoms with Crippen LogP contribution in [0.2, 0.25) is 0 Å². The number of aromatic nitrogens is 1. The van der Waals surface area contributed by atoms with Gasteiger partial charge in [-0.25, -0.2) is 0 Å². The van der Waals surface area contributed by atoms with E-state index in [1.54, 1.807) is 6.20 Å². The molecule has 1 unspecified atom stereocenters. The summed E-state index contributed by atoms with van der Waals surface area (Å²) in [7, 11) is 0. The van der Waals surface area contributed by atoms with Crippen molar-refractivity contribution in [2.45, 2.75) is 39.0 Å². The number of amides is 1. The summed E-state index contributed by atoms with van der Waals surface area (Å²) >= 11 is 0. The van der Waals surface area contributed by atoms with E-state index in [0.29, 0.717) is 5.92 Å². The van der Waals surface area contributed by atoms with Crippen LogP contribution in [0.25, 0.3) is 0 Å². The molecule has 1 aliphatic carbocycles. The maximum absolute atomic E-state index is 11.6. The third-order valence-electron chi connectivity index (χ3n) is 3.11. The van der Waals surface area contributed by atoms with Crippen LogP contribution in [0.3, 0.4) is 0 Å². The first-order chi connectivity index (χ1) is 7.70. The summed E-state index contributed by atoms with van der Waals surface area (Å²) < 4.78 is 0. The van der Waals surface area contributed by atoms with Crippen LogP contribution in [0.1, 0.15) is 44.7 Å². The number of hydrogen-bond donors (Lipinski definition) is 1. The first-order valence-electron chi connectivity index (χ1n) is 5.97. The lowest BCUT2D eigenvalue weighted by Crippen LogP contribution is -2.13. The van der Waals surface area contributed by atoms with Crippen molar-refractivity contribution in [3.8, 4) is 0 Å². The molecule has 16 heavy (non-hydrogen) atoms. The van der Waals surface area contributed by atoms with Crippen molar-refractivity contribution in [1.82, 2.24) is 4.98 Å². The zero-order chi connectivity index (χ0) is 11.5. The van der Waals surface area contributed by atoms with E-state index in [1.807, 2.05) is 12.1 Å². The van der Waals surface area contributed by atoms with Gasteiger partial charge in [0.1, 0.15) is 0 Å². The Morgan fingerprint density at radius 1 is 1.62 bits per heavy atom. The molecule has 1 amide bonds. The zero-order valence-electron chi connectivity index (χ0n) is 9.86. The van der Waals surface area contributed by atoms with Gasteiger partial charge >= 0.3 is 0 Å². The molecule has 0 aliphatic heterocycles. The van der Waals surface area contributed by atoms with Crippen LogP contribution >= 0.6 is 0 Å². The molecule has 3 nitrogen and oxygen atoms in total. The van der Waals surface area contributed by atoms with Crippen LogP contribution in [0.4, 0.5) is 5.69 Å². The summed E-state index contributed by atoms with van der Waals surface area (Å²) in [6.45, 7) is 4.29. The molecule has 0 saturated heterocycles. The molecule has 0 radical (unpaired) electrons. The summed E-state index contributed by atoms with van der Waals surface area (Å²) in [5, 5.41) is 2.94. The Bertz CT molecular complexity index is 385. The minimum absolute atomic E-state index is 0.154. The summed E-state index contributed by atoms with van der Waals surface area (Å²) in [5.74, 6) is 0.847. The molecule has 0 bridgehead atoms. The second kappa shape index (κ2) is 4.64. The first kappa shape index (κ1) is 11.1. The van der Waals surface area contributed by atoms with Crippen LogP contribution in [0.15, 0.2) is 18.3 Å². The van der Waals surface area contributed by atoms with Crippen LogP contribution < -0.4 is 5.32 Å². The third-order valence-corrected chi connectivity index (χ3v) is 3.11. The highest BCUT2D eigenvalue weighted by atomic mass is 16.2. The van der Waals surface area contributed by atoms with Crippen molar-refractivity contribution < 1.29 is 4.79 Å². The maximum atomic E-state index is 11.6. The van der Waals surface area contributed by atoms with Gasteiger partial charge in [-0.3, -0.25) is 9.78 Å². The fraction of sp³-hybridized carbons (Fsp3) is 0.538. The third kappa shape index (κ3) is 2.60. The number of nitrogens with one attached hydrogen (secondary N) is 1. The molecule has 0 aromatic carbocycles. The first-order valence-corrected chi connectivity index (χ1v) is 5.97.